The first kappa shape index (κ1) is 18.7. The molecule has 28 heavy (non-hydrogen) atoms. The number of fused-ring (bicyclic) bond motifs is 1. The van der Waals surface area contributed by atoms with E-state index in [9.17, 15) is 14.0 Å². The molecule has 1 aromatic heterocycles. The van der Waals surface area contributed by atoms with Gasteiger partial charge in [-0.25, -0.2) is 8.78 Å². The summed E-state index contributed by atoms with van der Waals surface area (Å²) in [5.41, 5.74) is 4.45. The molecule has 1 aromatic carbocycles. The average Bonchev–Trinajstić information content (AvgIpc) is 3.01. The van der Waals surface area contributed by atoms with E-state index >= 15 is 0 Å². The molecular weight excluding hydrogens is 356 g/mol. The SMILES string of the molecule is CCc1ccc2c(C#N)c(C3=CC=CCN3C(CF)CF)n(C3CCC3)c2c1. The van der Waals surface area contributed by atoms with E-state index in [2.05, 4.69) is 29.7 Å². The van der Waals surface area contributed by atoms with Crippen molar-refractivity contribution < 1.29 is 8.78 Å². The molecule has 2 aliphatic rings. The maximum absolute atomic E-state index is 13.5. The van der Waals surface area contributed by atoms with Gasteiger partial charge < -0.3 is 9.47 Å². The van der Waals surface area contributed by atoms with Gasteiger partial charge >= 0.3 is 0 Å². The second kappa shape index (κ2) is 7.79. The maximum atomic E-state index is 13.5. The summed E-state index contributed by atoms with van der Waals surface area (Å²) in [5.74, 6) is 0. The first-order valence-electron chi connectivity index (χ1n) is 10.1. The Labute approximate surface area is 164 Å². The fraction of sp³-hybridized carbons (Fsp3) is 0.435. The molecule has 0 bridgehead atoms. The first-order chi connectivity index (χ1) is 13.7. The molecule has 0 saturated heterocycles. The molecule has 0 amide bonds. The van der Waals surface area contributed by atoms with Crippen molar-refractivity contribution in [2.75, 3.05) is 19.9 Å². The number of halogens is 2. The van der Waals surface area contributed by atoms with Gasteiger partial charge in [0.25, 0.3) is 0 Å². The highest BCUT2D eigenvalue weighted by atomic mass is 19.1. The van der Waals surface area contributed by atoms with Crippen molar-refractivity contribution >= 4 is 16.6 Å². The third-order valence-electron chi connectivity index (χ3n) is 6.07. The van der Waals surface area contributed by atoms with Crippen molar-refractivity contribution in [3.63, 3.8) is 0 Å². The highest BCUT2D eigenvalue weighted by Gasteiger charge is 2.32. The molecule has 0 N–H and O–H groups in total. The van der Waals surface area contributed by atoms with Crippen LogP contribution in [0.15, 0.2) is 36.4 Å². The van der Waals surface area contributed by atoms with Crippen LogP contribution >= 0.6 is 0 Å². The molecule has 1 aliphatic carbocycles. The van der Waals surface area contributed by atoms with Crippen LogP contribution in [0.3, 0.4) is 0 Å². The Kier molecular flexibility index (Phi) is 5.21. The van der Waals surface area contributed by atoms with Gasteiger partial charge in [0.15, 0.2) is 0 Å². The number of rotatable bonds is 6. The number of alkyl halides is 2. The van der Waals surface area contributed by atoms with Crippen LogP contribution in [-0.4, -0.2) is 35.4 Å². The summed E-state index contributed by atoms with van der Waals surface area (Å²) in [6.07, 6.45) is 9.94. The molecule has 3 nitrogen and oxygen atoms in total. The average molecular weight is 381 g/mol. The van der Waals surface area contributed by atoms with Crippen LogP contribution in [0.5, 0.6) is 0 Å². The number of aryl methyl sites for hydroxylation is 1. The Morgan fingerprint density at radius 2 is 2.04 bits per heavy atom. The van der Waals surface area contributed by atoms with Gasteiger partial charge in [-0.1, -0.05) is 31.2 Å². The zero-order valence-corrected chi connectivity index (χ0v) is 16.2. The van der Waals surface area contributed by atoms with Crippen molar-refractivity contribution in [2.45, 2.75) is 44.7 Å². The topological polar surface area (TPSA) is 32.0 Å². The second-order valence-electron chi connectivity index (χ2n) is 7.59. The summed E-state index contributed by atoms with van der Waals surface area (Å²) in [5, 5.41) is 10.9. The maximum Gasteiger partial charge on any atom is 0.112 e. The fourth-order valence-electron chi connectivity index (χ4n) is 4.26. The van der Waals surface area contributed by atoms with E-state index in [0.29, 0.717) is 18.2 Å². The van der Waals surface area contributed by atoms with E-state index < -0.39 is 19.4 Å². The number of hydrogen-bond acceptors (Lipinski definition) is 2. The number of hydrogen-bond donors (Lipinski definition) is 0. The summed E-state index contributed by atoms with van der Waals surface area (Å²) >= 11 is 0. The van der Waals surface area contributed by atoms with E-state index in [1.807, 2.05) is 24.3 Å². The largest absolute Gasteiger partial charge is 0.358 e. The smallest absolute Gasteiger partial charge is 0.112 e. The van der Waals surface area contributed by atoms with E-state index in [-0.39, 0.29) is 0 Å². The summed E-state index contributed by atoms with van der Waals surface area (Å²) in [6.45, 7) is 1.05. The van der Waals surface area contributed by atoms with Gasteiger partial charge in [-0.15, -0.1) is 0 Å². The lowest BCUT2D eigenvalue weighted by atomic mass is 9.92. The number of nitrogens with zero attached hydrogens (tertiary/aromatic N) is 3. The minimum atomic E-state index is -0.832. The monoisotopic (exact) mass is 381 g/mol. The fourth-order valence-corrected chi connectivity index (χ4v) is 4.26. The Morgan fingerprint density at radius 1 is 1.25 bits per heavy atom. The van der Waals surface area contributed by atoms with Crippen molar-refractivity contribution in [1.82, 2.24) is 9.47 Å². The van der Waals surface area contributed by atoms with Crippen LogP contribution in [0.4, 0.5) is 8.78 Å². The molecule has 0 unspecified atom stereocenters. The van der Waals surface area contributed by atoms with Gasteiger partial charge in [0, 0.05) is 18.0 Å². The minimum absolute atomic E-state index is 0.328. The Morgan fingerprint density at radius 3 is 2.64 bits per heavy atom. The van der Waals surface area contributed by atoms with E-state index in [4.69, 9.17) is 0 Å². The standard InChI is InChI=1S/C23H25F2N3/c1-2-16-9-10-19-20(15-26)23(28(22(19)12-16)17-6-5-7-17)21-8-3-4-11-27(21)18(13-24)14-25/h3-4,8-10,12,17-18H,2,5-7,11,13-14H2,1H3. The van der Waals surface area contributed by atoms with Crippen LogP contribution in [0.25, 0.3) is 16.6 Å². The molecule has 5 heteroatoms. The van der Waals surface area contributed by atoms with E-state index in [0.717, 1.165) is 41.6 Å². The van der Waals surface area contributed by atoms with Crippen molar-refractivity contribution in [3.8, 4) is 6.07 Å². The molecule has 0 atom stereocenters. The Hall–Kier alpha value is -2.61. The quantitative estimate of drug-likeness (QED) is 0.678. The highest BCUT2D eigenvalue weighted by Crippen LogP contribution is 2.42. The zero-order valence-electron chi connectivity index (χ0n) is 16.2. The molecule has 0 radical (unpaired) electrons. The zero-order chi connectivity index (χ0) is 19.7. The summed E-state index contributed by atoms with van der Waals surface area (Å²) in [7, 11) is 0. The van der Waals surface area contributed by atoms with Gasteiger partial charge in [-0.3, -0.25) is 0 Å². The lowest BCUT2D eigenvalue weighted by Gasteiger charge is -2.36. The minimum Gasteiger partial charge on any atom is -0.358 e. The predicted octanol–water partition coefficient (Wildman–Crippen LogP) is 5.32. The molecule has 1 fully saturated rings. The third kappa shape index (κ3) is 2.92. The molecule has 2 aromatic rings. The van der Waals surface area contributed by atoms with Crippen LogP contribution in [0.1, 0.15) is 49.0 Å². The molecule has 146 valence electrons. The lowest BCUT2D eigenvalue weighted by Crippen LogP contribution is -2.39. The van der Waals surface area contributed by atoms with Gasteiger partial charge in [-0.05, 0) is 43.4 Å². The summed E-state index contributed by atoms with van der Waals surface area (Å²) in [4.78, 5) is 1.77. The molecule has 0 spiro atoms. The molecule has 1 aliphatic heterocycles. The van der Waals surface area contributed by atoms with Crippen molar-refractivity contribution in [1.29, 1.82) is 5.26 Å². The molecule has 4 rings (SSSR count). The van der Waals surface area contributed by atoms with E-state index in [1.54, 1.807) is 4.90 Å². The Balaban J connectivity index is 1.98. The number of aromatic nitrogens is 1. The summed E-state index contributed by atoms with van der Waals surface area (Å²) in [6, 6.07) is 8.15. The van der Waals surface area contributed by atoms with Crippen LogP contribution in [0.2, 0.25) is 0 Å². The van der Waals surface area contributed by atoms with Crippen LogP contribution < -0.4 is 0 Å². The first-order valence-corrected chi connectivity index (χ1v) is 10.1. The second-order valence-corrected chi connectivity index (χ2v) is 7.59. The van der Waals surface area contributed by atoms with Gasteiger partial charge in [0.1, 0.15) is 19.4 Å². The molecule has 1 saturated carbocycles. The summed E-state index contributed by atoms with van der Waals surface area (Å²) < 4.78 is 29.4. The number of nitriles is 1. The Bertz CT molecular complexity index is 972. The van der Waals surface area contributed by atoms with Crippen LogP contribution in [0, 0.1) is 11.3 Å². The van der Waals surface area contributed by atoms with Gasteiger partial charge in [0.05, 0.1) is 28.5 Å². The number of benzene rings is 1. The molecule has 2 heterocycles. The van der Waals surface area contributed by atoms with Gasteiger partial charge in [-0.2, -0.15) is 5.26 Å². The van der Waals surface area contributed by atoms with E-state index in [1.165, 1.54) is 12.0 Å². The third-order valence-corrected chi connectivity index (χ3v) is 6.07. The number of allylic oxidation sites excluding steroid dienone is 2. The lowest BCUT2D eigenvalue weighted by molar-refractivity contribution is 0.210. The molecular formula is C23H25F2N3. The highest BCUT2D eigenvalue weighted by molar-refractivity contribution is 5.93. The van der Waals surface area contributed by atoms with Crippen molar-refractivity contribution in [2.24, 2.45) is 0 Å². The van der Waals surface area contributed by atoms with Gasteiger partial charge in [0.2, 0.25) is 0 Å². The normalized spacial score (nSPS) is 17.1. The van der Waals surface area contributed by atoms with Crippen LogP contribution in [-0.2, 0) is 6.42 Å². The predicted molar refractivity (Wildman–Crippen MR) is 108 cm³/mol. The van der Waals surface area contributed by atoms with Crippen molar-refractivity contribution in [3.05, 3.63) is 53.2 Å².